The van der Waals surface area contributed by atoms with Crippen LogP contribution < -0.4 is 0 Å². The average Bonchev–Trinajstić information content (AvgIpc) is 2.08. The third kappa shape index (κ3) is 3.88. The quantitative estimate of drug-likeness (QED) is 0.716. The van der Waals surface area contributed by atoms with E-state index in [0.717, 1.165) is 0 Å². The maximum absolute atomic E-state index is 10.8. The lowest BCUT2D eigenvalue weighted by molar-refractivity contribution is 0.602. The minimum atomic E-state index is -3.00. The van der Waals surface area contributed by atoms with Gasteiger partial charge in [0, 0.05) is 6.26 Å². The van der Waals surface area contributed by atoms with Gasteiger partial charge in [0.05, 0.1) is 4.90 Å². The molecule has 0 atom stereocenters. The summed E-state index contributed by atoms with van der Waals surface area (Å²) < 4.78 is 21.7. The Balaban J connectivity index is 0.000000561. The maximum atomic E-state index is 10.8. The Hall–Kier alpha value is -0.350. The number of alkyl halides is 1. The molecule has 0 unspecified atom stereocenters. The van der Waals surface area contributed by atoms with Crippen molar-refractivity contribution in [3.63, 3.8) is 0 Å². The zero-order chi connectivity index (χ0) is 9.61. The molecule has 1 rings (SSSR count). The van der Waals surface area contributed by atoms with Crippen LogP contribution in [0.25, 0.3) is 0 Å². The lowest BCUT2D eigenvalue weighted by Crippen LogP contribution is -1.95. The van der Waals surface area contributed by atoms with Crippen LogP contribution in [0.1, 0.15) is 0 Å². The normalized spacial score (nSPS) is 9.92. The van der Waals surface area contributed by atoms with Crippen molar-refractivity contribution in [2.45, 2.75) is 4.90 Å². The molecule has 0 saturated carbocycles. The first-order valence-electron chi connectivity index (χ1n) is 3.23. The van der Waals surface area contributed by atoms with Crippen molar-refractivity contribution in [1.29, 1.82) is 0 Å². The summed E-state index contributed by atoms with van der Waals surface area (Å²) in [6.07, 6.45) is 1.20. The number of rotatable bonds is 1. The summed E-state index contributed by atoms with van der Waals surface area (Å²) in [5.41, 5.74) is 0. The molecule has 1 aromatic rings. The monoisotopic (exact) mass is 250 g/mol. The highest BCUT2D eigenvalue weighted by Crippen LogP contribution is 2.05. The van der Waals surface area contributed by atoms with Gasteiger partial charge in [-0.25, -0.2) is 8.42 Å². The third-order valence-corrected chi connectivity index (χ3v) is 2.30. The molecule has 0 aliphatic rings. The van der Waals surface area contributed by atoms with Gasteiger partial charge in [-0.2, -0.15) is 0 Å². The lowest BCUT2D eigenvalue weighted by atomic mass is 10.4. The molecular formula is C8H11BrO2S. The molecule has 0 spiro atoms. The molecule has 1 aromatic carbocycles. The molecule has 0 amide bonds. The van der Waals surface area contributed by atoms with E-state index < -0.39 is 9.84 Å². The van der Waals surface area contributed by atoms with Crippen molar-refractivity contribution in [3.05, 3.63) is 30.3 Å². The van der Waals surface area contributed by atoms with Crippen LogP contribution in [0, 0.1) is 0 Å². The van der Waals surface area contributed by atoms with E-state index in [1.807, 2.05) is 5.83 Å². The first kappa shape index (κ1) is 11.6. The summed E-state index contributed by atoms with van der Waals surface area (Å²) in [5, 5.41) is 0. The third-order valence-electron chi connectivity index (χ3n) is 1.17. The Kier molecular flexibility index (Phi) is 5.17. The highest BCUT2D eigenvalue weighted by molar-refractivity contribution is 9.08. The summed E-state index contributed by atoms with van der Waals surface area (Å²) in [6.45, 7) is 0. The molecule has 0 aromatic heterocycles. The van der Waals surface area contributed by atoms with Gasteiger partial charge in [-0.05, 0) is 18.0 Å². The highest BCUT2D eigenvalue weighted by Gasteiger charge is 2.02. The van der Waals surface area contributed by atoms with E-state index in [1.54, 1.807) is 30.3 Å². The van der Waals surface area contributed by atoms with Gasteiger partial charge >= 0.3 is 0 Å². The number of hydrogen-bond acceptors (Lipinski definition) is 2. The zero-order valence-electron chi connectivity index (χ0n) is 6.99. The average molecular weight is 251 g/mol. The van der Waals surface area contributed by atoms with Gasteiger partial charge in [-0.15, -0.1) is 0 Å². The second-order valence-electron chi connectivity index (χ2n) is 2.09. The van der Waals surface area contributed by atoms with E-state index in [9.17, 15) is 8.42 Å². The minimum Gasteiger partial charge on any atom is -0.224 e. The summed E-state index contributed by atoms with van der Waals surface area (Å²) >= 11 is 2.94. The lowest BCUT2D eigenvalue weighted by Gasteiger charge is -1.93. The molecule has 0 bridgehead atoms. The van der Waals surface area contributed by atoms with Crippen LogP contribution in [0.3, 0.4) is 0 Å². The Morgan fingerprint density at radius 2 is 1.50 bits per heavy atom. The maximum Gasteiger partial charge on any atom is 0.175 e. The molecule has 0 aliphatic heterocycles. The van der Waals surface area contributed by atoms with E-state index in [-0.39, 0.29) is 0 Å². The van der Waals surface area contributed by atoms with E-state index in [0.29, 0.717) is 4.90 Å². The molecule has 12 heavy (non-hydrogen) atoms. The van der Waals surface area contributed by atoms with Crippen LogP contribution in [-0.2, 0) is 9.84 Å². The van der Waals surface area contributed by atoms with E-state index in [2.05, 4.69) is 15.9 Å². The summed E-state index contributed by atoms with van der Waals surface area (Å²) in [5.74, 6) is 1.81. The van der Waals surface area contributed by atoms with Gasteiger partial charge in [0.1, 0.15) is 0 Å². The molecule has 0 radical (unpaired) electrons. The first-order chi connectivity index (χ1) is 5.61. The number of halogens is 1. The van der Waals surface area contributed by atoms with Crippen molar-refractivity contribution < 1.29 is 8.42 Å². The number of benzene rings is 1. The van der Waals surface area contributed by atoms with Gasteiger partial charge in [-0.1, -0.05) is 34.1 Å². The van der Waals surface area contributed by atoms with Crippen molar-refractivity contribution >= 4 is 25.8 Å². The largest absolute Gasteiger partial charge is 0.224 e. The zero-order valence-corrected chi connectivity index (χ0v) is 9.39. The van der Waals surface area contributed by atoms with Crippen LogP contribution in [-0.4, -0.2) is 20.5 Å². The predicted molar refractivity (Wildman–Crippen MR) is 54.4 cm³/mol. The Morgan fingerprint density at radius 3 is 1.75 bits per heavy atom. The van der Waals surface area contributed by atoms with Gasteiger partial charge in [-0.3, -0.25) is 0 Å². The standard InChI is InChI=1S/C7H8O2S.CH3Br/c1-10(8,9)7-5-3-2-4-6-7;1-2/h2-6H,1H3;1H3. The number of hydrogen-bond donors (Lipinski definition) is 0. The molecule has 0 aliphatic carbocycles. The SMILES string of the molecule is CBr.CS(=O)(=O)c1ccccc1. The van der Waals surface area contributed by atoms with E-state index in [1.165, 1.54) is 6.26 Å². The van der Waals surface area contributed by atoms with Gasteiger partial charge in [0.15, 0.2) is 9.84 Å². The summed E-state index contributed by atoms with van der Waals surface area (Å²) in [6, 6.07) is 8.35. The molecule has 0 saturated heterocycles. The van der Waals surface area contributed by atoms with Crippen molar-refractivity contribution in [1.82, 2.24) is 0 Å². The topological polar surface area (TPSA) is 34.1 Å². The van der Waals surface area contributed by atoms with Gasteiger partial charge in [0.2, 0.25) is 0 Å². The minimum absolute atomic E-state index is 0.370. The van der Waals surface area contributed by atoms with Crippen molar-refractivity contribution in [2.75, 3.05) is 12.1 Å². The fourth-order valence-electron chi connectivity index (χ4n) is 0.668. The molecular weight excluding hydrogens is 240 g/mol. The molecule has 2 nitrogen and oxygen atoms in total. The fraction of sp³-hybridized carbons (Fsp3) is 0.250. The van der Waals surface area contributed by atoms with E-state index >= 15 is 0 Å². The molecule has 0 fully saturated rings. The Labute approximate surface area is 81.7 Å². The van der Waals surface area contributed by atoms with Crippen LogP contribution >= 0.6 is 15.9 Å². The number of sulfone groups is 1. The van der Waals surface area contributed by atoms with Crippen molar-refractivity contribution in [3.8, 4) is 0 Å². The second kappa shape index (κ2) is 5.32. The Bertz CT molecular complexity index is 305. The van der Waals surface area contributed by atoms with Crippen LogP contribution in [0.2, 0.25) is 0 Å². The van der Waals surface area contributed by atoms with Crippen LogP contribution in [0.4, 0.5) is 0 Å². The molecule has 68 valence electrons. The van der Waals surface area contributed by atoms with E-state index in [4.69, 9.17) is 0 Å². The predicted octanol–water partition coefficient (Wildman–Crippen LogP) is 2.10. The van der Waals surface area contributed by atoms with Gasteiger partial charge in [0.25, 0.3) is 0 Å². The fourth-order valence-corrected chi connectivity index (χ4v) is 1.32. The molecule has 0 N–H and O–H groups in total. The smallest absolute Gasteiger partial charge is 0.175 e. The molecule has 0 heterocycles. The molecule has 4 heteroatoms. The summed E-state index contributed by atoms with van der Waals surface area (Å²) in [7, 11) is -3.00. The summed E-state index contributed by atoms with van der Waals surface area (Å²) in [4.78, 5) is 0.370. The Morgan fingerprint density at radius 1 is 1.08 bits per heavy atom. The van der Waals surface area contributed by atoms with Crippen molar-refractivity contribution in [2.24, 2.45) is 0 Å². The second-order valence-corrected chi connectivity index (χ2v) is 4.10. The van der Waals surface area contributed by atoms with Crippen LogP contribution in [0.5, 0.6) is 0 Å². The van der Waals surface area contributed by atoms with Crippen LogP contribution in [0.15, 0.2) is 35.2 Å². The van der Waals surface area contributed by atoms with Gasteiger partial charge < -0.3 is 0 Å². The highest BCUT2D eigenvalue weighted by atomic mass is 79.9. The first-order valence-corrected chi connectivity index (χ1v) is 6.71.